The second-order valence-corrected chi connectivity index (χ2v) is 12.8. The molecule has 0 fully saturated rings. The maximum Gasteiger partial charge on any atom is 0.0161 e. The van der Waals surface area contributed by atoms with Crippen LogP contribution in [0, 0.1) is 20.8 Å². The molecule has 0 aliphatic heterocycles. The van der Waals surface area contributed by atoms with Gasteiger partial charge in [0.1, 0.15) is 0 Å². The molecule has 2 aliphatic rings. The SMILES string of the molecule is Cc1cc(C)cc(-c2c3ccccc3c(-c3ccc4c(c3)C(C)(C)C3=C4Cc4ccc(C)cc43)c3ccccc23)c1. The van der Waals surface area contributed by atoms with E-state index in [2.05, 4.69) is 138 Å². The lowest BCUT2D eigenvalue weighted by Gasteiger charge is -2.26. The van der Waals surface area contributed by atoms with Crippen LogP contribution in [0.25, 0.3) is 54.9 Å². The van der Waals surface area contributed by atoms with Crippen molar-refractivity contribution >= 4 is 32.7 Å². The molecule has 0 amide bonds. The summed E-state index contributed by atoms with van der Waals surface area (Å²) in [5.74, 6) is 0. The van der Waals surface area contributed by atoms with E-state index in [1.165, 1.54) is 93.9 Å². The van der Waals surface area contributed by atoms with Gasteiger partial charge in [-0.1, -0.05) is 128 Å². The topological polar surface area (TPSA) is 0 Å². The van der Waals surface area contributed by atoms with Gasteiger partial charge >= 0.3 is 0 Å². The first-order valence-electron chi connectivity index (χ1n) is 14.8. The summed E-state index contributed by atoms with van der Waals surface area (Å²) in [7, 11) is 0. The molecule has 0 saturated carbocycles. The Morgan fingerprint density at radius 3 is 1.71 bits per heavy atom. The molecule has 0 unspecified atom stereocenters. The minimum atomic E-state index is -0.0373. The second-order valence-electron chi connectivity index (χ2n) is 12.8. The smallest absolute Gasteiger partial charge is 0.0161 e. The molecular formula is C41H34. The van der Waals surface area contributed by atoms with E-state index in [1.54, 1.807) is 0 Å². The third kappa shape index (κ3) is 3.47. The van der Waals surface area contributed by atoms with Crippen molar-refractivity contribution in [1.82, 2.24) is 0 Å². The molecule has 0 atom stereocenters. The molecule has 0 spiro atoms. The zero-order valence-corrected chi connectivity index (χ0v) is 24.5. The van der Waals surface area contributed by atoms with Crippen molar-refractivity contribution in [1.29, 1.82) is 0 Å². The first kappa shape index (κ1) is 24.4. The van der Waals surface area contributed by atoms with Gasteiger partial charge in [0.2, 0.25) is 0 Å². The third-order valence-corrected chi connectivity index (χ3v) is 9.58. The average molecular weight is 527 g/mol. The Morgan fingerprint density at radius 1 is 0.512 bits per heavy atom. The van der Waals surface area contributed by atoms with Gasteiger partial charge in [0.05, 0.1) is 0 Å². The van der Waals surface area contributed by atoms with Crippen molar-refractivity contribution in [3.63, 3.8) is 0 Å². The van der Waals surface area contributed by atoms with Crippen molar-refractivity contribution in [3.05, 3.63) is 142 Å². The van der Waals surface area contributed by atoms with E-state index in [0.29, 0.717) is 0 Å². The van der Waals surface area contributed by atoms with Gasteiger partial charge in [0.25, 0.3) is 0 Å². The standard InChI is InChI=1S/C41H34/c1-24-14-15-27-22-36-30-17-16-28(23-37(30)41(4,5)40(36)35(27)21-24)38-31-10-6-8-12-33(31)39(34-13-9-7-11-32(34)38)29-19-25(2)18-26(3)20-29/h6-21,23H,22H2,1-5H3. The van der Waals surface area contributed by atoms with Crippen molar-refractivity contribution in [2.45, 2.75) is 46.5 Å². The maximum atomic E-state index is 2.51. The summed E-state index contributed by atoms with van der Waals surface area (Å²) in [6, 6.07) is 39.3. The fraction of sp³-hybridized carbons (Fsp3) is 0.171. The fourth-order valence-electron chi connectivity index (χ4n) is 7.95. The van der Waals surface area contributed by atoms with Crippen molar-refractivity contribution in [3.8, 4) is 22.3 Å². The number of rotatable bonds is 2. The molecule has 0 bridgehead atoms. The second kappa shape index (κ2) is 8.54. The largest absolute Gasteiger partial charge is 0.0616 e. The fourth-order valence-corrected chi connectivity index (χ4v) is 7.95. The molecule has 0 radical (unpaired) electrons. The number of hydrogen-bond donors (Lipinski definition) is 0. The van der Waals surface area contributed by atoms with E-state index in [1.807, 2.05) is 0 Å². The summed E-state index contributed by atoms with van der Waals surface area (Å²) in [6.45, 7) is 11.5. The van der Waals surface area contributed by atoms with Crippen LogP contribution in [0.3, 0.4) is 0 Å². The number of aryl methyl sites for hydroxylation is 3. The Morgan fingerprint density at radius 2 is 1.10 bits per heavy atom. The van der Waals surface area contributed by atoms with Crippen LogP contribution in [-0.4, -0.2) is 0 Å². The first-order valence-corrected chi connectivity index (χ1v) is 14.8. The number of benzene rings is 6. The average Bonchev–Trinajstić information content (AvgIpc) is 3.43. The highest BCUT2D eigenvalue weighted by atomic mass is 14.4. The van der Waals surface area contributed by atoms with Gasteiger partial charge < -0.3 is 0 Å². The minimum absolute atomic E-state index is 0.0373. The lowest BCUT2D eigenvalue weighted by molar-refractivity contribution is 0.704. The van der Waals surface area contributed by atoms with Gasteiger partial charge in [-0.05, 0) is 110 Å². The predicted molar refractivity (Wildman–Crippen MR) is 177 cm³/mol. The van der Waals surface area contributed by atoms with Crippen LogP contribution in [0.1, 0.15) is 52.8 Å². The molecule has 0 saturated heterocycles. The molecule has 0 N–H and O–H groups in total. The van der Waals surface area contributed by atoms with Crippen LogP contribution in [0.2, 0.25) is 0 Å². The zero-order valence-electron chi connectivity index (χ0n) is 24.5. The van der Waals surface area contributed by atoms with E-state index in [4.69, 9.17) is 0 Å². The summed E-state index contributed by atoms with van der Waals surface area (Å²) in [5, 5.41) is 5.27. The van der Waals surface area contributed by atoms with E-state index >= 15 is 0 Å². The maximum absolute atomic E-state index is 2.51. The highest BCUT2D eigenvalue weighted by Crippen LogP contribution is 2.57. The van der Waals surface area contributed by atoms with Gasteiger partial charge in [0.15, 0.2) is 0 Å². The van der Waals surface area contributed by atoms with E-state index in [9.17, 15) is 0 Å². The number of hydrogen-bond acceptors (Lipinski definition) is 0. The van der Waals surface area contributed by atoms with Crippen molar-refractivity contribution in [2.75, 3.05) is 0 Å². The summed E-state index contributed by atoms with van der Waals surface area (Å²) in [6.07, 6.45) is 1.04. The van der Waals surface area contributed by atoms with Crippen LogP contribution in [0.15, 0.2) is 103 Å². The van der Waals surface area contributed by atoms with Gasteiger partial charge in [-0.25, -0.2) is 0 Å². The summed E-state index contributed by atoms with van der Waals surface area (Å²) in [4.78, 5) is 0. The monoisotopic (exact) mass is 526 g/mol. The predicted octanol–water partition coefficient (Wildman–Crippen LogP) is 11.0. The minimum Gasteiger partial charge on any atom is -0.0616 e. The molecule has 198 valence electrons. The van der Waals surface area contributed by atoms with Crippen LogP contribution in [0.4, 0.5) is 0 Å². The number of allylic oxidation sites excluding steroid dienone is 2. The normalized spacial score (nSPS) is 15.0. The van der Waals surface area contributed by atoms with Gasteiger partial charge in [0, 0.05) is 5.41 Å². The lowest BCUT2D eigenvalue weighted by Crippen LogP contribution is -2.16. The van der Waals surface area contributed by atoms with E-state index in [-0.39, 0.29) is 5.41 Å². The van der Waals surface area contributed by atoms with E-state index in [0.717, 1.165) is 6.42 Å². The molecule has 6 aromatic carbocycles. The summed E-state index contributed by atoms with van der Waals surface area (Å²) in [5.41, 5.74) is 18.1. The van der Waals surface area contributed by atoms with Gasteiger partial charge in [-0.3, -0.25) is 0 Å². The molecule has 0 heterocycles. The quantitative estimate of drug-likeness (QED) is 0.197. The van der Waals surface area contributed by atoms with Crippen LogP contribution in [0.5, 0.6) is 0 Å². The zero-order chi connectivity index (χ0) is 28.0. The van der Waals surface area contributed by atoms with Crippen molar-refractivity contribution in [2.24, 2.45) is 0 Å². The molecule has 0 nitrogen and oxygen atoms in total. The van der Waals surface area contributed by atoms with Crippen LogP contribution >= 0.6 is 0 Å². The molecule has 2 aliphatic carbocycles. The molecule has 0 heteroatoms. The Bertz CT molecular complexity index is 2040. The summed E-state index contributed by atoms with van der Waals surface area (Å²) < 4.78 is 0. The third-order valence-electron chi connectivity index (χ3n) is 9.58. The number of fused-ring (bicyclic) bond motifs is 6. The highest BCUT2D eigenvalue weighted by molar-refractivity contribution is 6.21. The highest BCUT2D eigenvalue weighted by Gasteiger charge is 2.42. The van der Waals surface area contributed by atoms with Gasteiger partial charge in [-0.15, -0.1) is 0 Å². The van der Waals surface area contributed by atoms with Crippen molar-refractivity contribution < 1.29 is 0 Å². The molecule has 0 aromatic heterocycles. The van der Waals surface area contributed by atoms with Crippen LogP contribution in [-0.2, 0) is 11.8 Å². The molecule has 8 rings (SSSR count). The molecule has 41 heavy (non-hydrogen) atoms. The Balaban J connectivity index is 1.39. The molecular weight excluding hydrogens is 492 g/mol. The summed E-state index contributed by atoms with van der Waals surface area (Å²) >= 11 is 0. The molecule has 6 aromatic rings. The van der Waals surface area contributed by atoms with Gasteiger partial charge in [-0.2, -0.15) is 0 Å². The van der Waals surface area contributed by atoms with E-state index < -0.39 is 0 Å². The Hall–Kier alpha value is -4.42. The van der Waals surface area contributed by atoms with Crippen LogP contribution < -0.4 is 0 Å². The first-order chi connectivity index (χ1) is 19.8. The lowest BCUT2D eigenvalue weighted by atomic mass is 9.77. The Labute approximate surface area is 243 Å². The Kier molecular flexibility index (Phi) is 5.08.